The van der Waals surface area contributed by atoms with E-state index >= 15 is 0 Å². The van der Waals surface area contributed by atoms with Crippen LogP contribution in [0.1, 0.15) is 16.2 Å². The number of nitrogens with one attached hydrogen (secondary N) is 1. The molecular formula is C10H17N5O2. The van der Waals surface area contributed by atoms with Crippen molar-refractivity contribution < 1.29 is 9.53 Å². The van der Waals surface area contributed by atoms with Crippen molar-refractivity contribution in [2.24, 2.45) is 7.05 Å². The lowest BCUT2D eigenvalue weighted by Gasteiger charge is -2.26. The average Bonchev–Trinajstić information content (AvgIpc) is 2.72. The van der Waals surface area contributed by atoms with Crippen LogP contribution in [-0.2, 0) is 18.4 Å². The summed E-state index contributed by atoms with van der Waals surface area (Å²) in [6.07, 6.45) is 0. The molecular weight excluding hydrogens is 222 g/mol. The van der Waals surface area contributed by atoms with Gasteiger partial charge in [-0.3, -0.25) is 4.79 Å². The molecule has 7 nitrogen and oxygen atoms in total. The van der Waals surface area contributed by atoms with Crippen molar-refractivity contribution in [3.63, 3.8) is 0 Å². The summed E-state index contributed by atoms with van der Waals surface area (Å²) in [5.41, 5.74) is 1.12. The highest BCUT2D eigenvalue weighted by Gasteiger charge is 2.24. The van der Waals surface area contributed by atoms with Gasteiger partial charge in [0.2, 0.25) is 0 Å². The van der Waals surface area contributed by atoms with Crippen LogP contribution in [0.15, 0.2) is 0 Å². The molecule has 1 saturated heterocycles. The molecule has 0 unspecified atom stereocenters. The minimum Gasteiger partial charge on any atom is -0.378 e. The summed E-state index contributed by atoms with van der Waals surface area (Å²) in [7, 11) is 3.35. The highest BCUT2D eigenvalue weighted by Crippen LogP contribution is 2.09. The molecule has 1 aliphatic heterocycles. The number of ether oxygens (including phenoxy) is 1. The van der Waals surface area contributed by atoms with Crippen LogP contribution in [0.4, 0.5) is 0 Å². The Morgan fingerprint density at radius 1 is 1.47 bits per heavy atom. The van der Waals surface area contributed by atoms with Gasteiger partial charge >= 0.3 is 0 Å². The summed E-state index contributed by atoms with van der Waals surface area (Å²) in [5, 5.41) is 11.0. The van der Waals surface area contributed by atoms with Crippen molar-refractivity contribution in [3.8, 4) is 0 Å². The Labute approximate surface area is 99.7 Å². The number of rotatable bonds is 3. The lowest BCUT2D eigenvalue weighted by atomic mass is 10.2. The number of amides is 1. The van der Waals surface area contributed by atoms with Gasteiger partial charge in [-0.2, -0.15) is 0 Å². The van der Waals surface area contributed by atoms with Crippen molar-refractivity contribution >= 4 is 5.91 Å². The van der Waals surface area contributed by atoms with E-state index in [9.17, 15) is 4.79 Å². The number of methoxy groups -OCH3 is 1. The molecule has 0 spiro atoms. The number of piperazine rings is 1. The summed E-state index contributed by atoms with van der Waals surface area (Å²) < 4.78 is 6.64. The molecule has 0 aromatic carbocycles. The average molecular weight is 239 g/mol. The van der Waals surface area contributed by atoms with Gasteiger partial charge in [0.1, 0.15) is 0 Å². The van der Waals surface area contributed by atoms with E-state index in [0.717, 1.165) is 18.8 Å². The quantitative estimate of drug-likeness (QED) is 0.733. The maximum atomic E-state index is 12.2. The molecule has 0 bridgehead atoms. The molecule has 1 aliphatic rings. The van der Waals surface area contributed by atoms with E-state index in [4.69, 9.17) is 4.74 Å². The Morgan fingerprint density at radius 2 is 2.18 bits per heavy atom. The van der Waals surface area contributed by atoms with E-state index in [2.05, 4.69) is 15.6 Å². The van der Waals surface area contributed by atoms with Crippen LogP contribution in [0, 0.1) is 0 Å². The molecule has 0 radical (unpaired) electrons. The third-order valence-corrected chi connectivity index (χ3v) is 2.83. The molecule has 17 heavy (non-hydrogen) atoms. The predicted octanol–water partition coefficient (Wildman–Crippen LogP) is -0.993. The summed E-state index contributed by atoms with van der Waals surface area (Å²) in [5.74, 6) is -0.0633. The highest BCUT2D eigenvalue weighted by atomic mass is 16.5. The summed E-state index contributed by atoms with van der Waals surface area (Å²) in [4.78, 5) is 14.0. The van der Waals surface area contributed by atoms with E-state index in [1.54, 1.807) is 23.7 Å². The van der Waals surface area contributed by atoms with E-state index < -0.39 is 0 Å². The van der Waals surface area contributed by atoms with Gasteiger partial charge in [0.25, 0.3) is 5.91 Å². The fourth-order valence-corrected chi connectivity index (χ4v) is 1.86. The zero-order valence-corrected chi connectivity index (χ0v) is 10.1. The van der Waals surface area contributed by atoms with Crippen LogP contribution in [0.5, 0.6) is 0 Å². The van der Waals surface area contributed by atoms with Crippen molar-refractivity contribution in [1.82, 2.24) is 25.2 Å². The molecule has 2 rings (SSSR count). The second kappa shape index (κ2) is 5.24. The number of nitrogens with zero attached hydrogens (tertiary/aromatic N) is 4. The van der Waals surface area contributed by atoms with Crippen LogP contribution in [0.2, 0.25) is 0 Å². The number of carbonyl (C=O) groups excluding carboxylic acids is 1. The summed E-state index contributed by atoms with van der Waals surface area (Å²) in [6.45, 7) is 3.41. The third kappa shape index (κ3) is 2.45. The second-order valence-corrected chi connectivity index (χ2v) is 3.98. The van der Waals surface area contributed by atoms with Gasteiger partial charge < -0.3 is 15.0 Å². The zero-order chi connectivity index (χ0) is 12.3. The Kier molecular flexibility index (Phi) is 3.70. The normalized spacial score (nSPS) is 16.2. The fourth-order valence-electron chi connectivity index (χ4n) is 1.86. The Hall–Kier alpha value is -1.47. The molecule has 2 heterocycles. The maximum absolute atomic E-state index is 12.2. The van der Waals surface area contributed by atoms with Gasteiger partial charge in [0, 0.05) is 40.3 Å². The molecule has 7 heteroatoms. The lowest BCUT2D eigenvalue weighted by Crippen LogP contribution is -2.46. The molecule has 1 aromatic rings. The van der Waals surface area contributed by atoms with E-state index in [-0.39, 0.29) is 5.91 Å². The number of aryl methyl sites for hydroxylation is 1. The highest BCUT2D eigenvalue weighted by molar-refractivity contribution is 5.93. The topological polar surface area (TPSA) is 72.3 Å². The molecule has 0 aliphatic carbocycles. The number of hydrogen-bond donors (Lipinski definition) is 1. The molecule has 1 aromatic heterocycles. The van der Waals surface area contributed by atoms with Gasteiger partial charge in [-0.05, 0) is 0 Å². The van der Waals surface area contributed by atoms with Gasteiger partial charge in [-0.15, -0.1) is 5.10 Å². The smallest absolute Gasteiger partial charge is 0.276 e. The standard InChI is InChI=1S/C10H17N5O2/c1-14-8(7-17-2)9(12-13-14)10(16)15-5-3-11-4-6-15/h11H,3-7H2,1-2H3. The maximum Gasteiger partial charge on any atom is 0.276 e. The van der Waals surface area contributed by atoms with Crippen molar-refractivity contribution in [2.45, 2.75) is 6.61 Å². The van der Waals surface area contributed by atoms with Crippen LogP contribution in [0.3, 0.4) is 0 Å². The first-order valence-corrected chi connectivity index (χ1v) is 5.61. The second-order valence-electron chi connectivity index (χ2n) is 3.98. The Balaban J connectivity index is 2.17. The predicted molar refractivity (Wildman–Crippen MR) is 60.5 cm³/mol. The third-order valence-electron chi connectivity index (χ3n) is 2.83. The van der Waals surface area contributed by atoms with E-state index in [0.29, 0.717) is 25.4 Å². The largest absolute Gasteiger partial charge is 0.378 e. The minimum absolute atomic E-state index is 0.0633. The zero-order valence-electron chi connectivity index (χ0n) is 10.1. The molecule has 0 saturated carbocycles. The first-order chi connectivity index (χ1) is 8.24. The minimum atomic E-state index is -0.0633. The van der Waals surface area contributed by atoms with Crippen LogP contribution >= 0.6 is 0 Å². The van der Waals surface area contributed by atoms with Gasteiger partial charge in [0.15, 0.2) is 5.69 Å². The molecule has 94 valence electrons. The van der Waals surface area contributed by atoms with Crippen molar-refractivity contribution in [2.75, 3.05) is 33.3 Å². The summed E-state index contributed by atoms with van der Waals surface area (Å²) in [6, 6.07) is 0. The van der Waals surface area contributed by atoms with Gasteiger partial charge in [-0.1, -0.05) is 5.21 Å². The lowest BCUT2D eigenvalue weighted by molar-refractivity contribution is 0.0724. The SMILES string of the molecule is COCc1c(C(=O)N2CCNCC2)nnn1C. The number of carbonyl (C=O) groups is 1. The first-order valence-electron chi connectivity index (χ1n) is 5.61. The summed E-state index contributed by atoms with van der Waals surface area (Å²) >= 11 is 0. The Morgan fingerprint density at radius 3 is 2.82 bits per heavy atom. The molecule has 1 amide bonds. The molecule has 1 N–H and O–H groups in total. The number of aromatic nitrogens is 3. The van der Waals surface area contributed by atoms with Crippen molar-refractivity contribution in [1.29, 1.82) is 0 Å². The first kappa shape index (κ1) is 12.0. The molecule has 1 fully saturated rings. The Bertz CT molecular complexity index is 397. The van der Waals surface area contributed by atoms with E-state index in [1.165, 1.54) is 0 Å². The van der Waals surface area contributed by atoms with Crippen LogP contribution < -0.4 is 5.32 Å². The monoisotopic (exact) mass is 239 g/mol. The van der Waals surface area contributed by atoms with Gasteiger partial charge in [-0.25, -0.2) is 4.68 Å². The fraction of sp³-hybridized carbons (Fsp3) is 0.700. The van der Waals surface area contributed by atoms with Crippen LogP contribution in [-0.4, -0.2) is 59.1 Å². The molecule has 0 atom stereocenters. The van der Waals surface area contributed by atoms with E-state index in [1.807, 2.05) is 0 Å². The van der Waals surface area contributed by atoms with Crippen LogP contribution in [0.25, 0.3) is 0 Å². The van der Waals surface area contributed by atoms with Gasteiger partial charge in [0.05, 0.1) is 12.3 Å². The van der Waals surface area contributed by atoms with Crippen molar-refractivity contribution in [3.05, 3.63) is 11.4 Å². The number of hydrogen-bond acceptors (Lipinski definition) is 5.